The predicted molar refractivity (Wildman–Crippen MR) is 23.5 cm³/mol. The van der Waals surface area contributed by atoms with Crippen LogP contribution < -0.4 is 5.14 Å². The summed E-state index contributed by atoms with van der Waals surface area (Å²) in [7, 11) is 5.08. The number of nitrogens with zero attached hydrogens (tertiary/aromatic N) is 1. The summed E-state index contributed by atoms with van der Waals surface area (Å²) in [5.74, 6) is 0. The van der Waals surface area contributed by atoms with Crippen molar-refractivity contribution in [3.63, 3.8) is 0 Å². The van der Waals surface area contributed by atoms with E-state index in [9.17, 15) is 8.42 Å². The molecule has 0 bridgehead atoms. The lowest BCUT2D eigenvalue weighted by atomic mass is 11.3. The standard InChI is InChI=1S/C2H4N2O2S/c1-4(2)7(3,5)6/h1-2H,(H2,3,5,6). The van der Waals surface area contributed by atoms with Gasteiger partial charge in [-0.15, -0.1) is 0 Å². The van der Waals surface area contributed by atoms with E-state index in [-0.39, 0.29) is 4.31 Å². The van der Waals surface area contributed by atoms with Gasteiger partial charge in [0.15, 0.2) is 0 Å². The normalized spacial score (nSPS) is 12.6. The molecular weight excluding hydrogens is 116 g/mol. The number of rotatable bonds is 1. The molecule has 7 heavy (non-hydrogen) atoms. The zero-order valence-electron chi connectivity index (χ0n) is 3.40. The Labute approximate surface area is 43.1 Å². The summed E-state index contributed by atoms with van der Waals surface area (Å²) >= 11 is 0. The average molecular weight is 120 g/mol. The van der Waals surface area contributed by atoms with Crippen molar-refractivity contribution in [2.24, 2.45) is 5.14 Å². The Bertz CT molecular complexity index is 136. The first-order chi connectivity index (χ1) is 2.94. The third-order valence-electron chi connectivity index (χ3n) is 0.294. The molecule has 0 saturated carbocycles. The first-order valence-electron chi connectivity index (χ1n) is 1.27. The summed E-state index contributed by atoms with van der Waals surface area (Å²) in [5.41, 5.74) is 0. The molecule has 2 N–H and O–H groups in total. The van der Waals surface area contributed by atoms with Crippen LogP contribution >= 0.6 is 0 Å². The quantitative estimate of drug-likeness (QED) is 0.443. The molecule has 0 unspecified atom stereocenters. The van der Waals surface area contributed by atoms with Gasteiger partial charge in [-0.1, -0.05) is 0 Å². The molecule has 0 atom stereocenters. The Morgan fingerprint density at radius 1 is 1.43 bits per heavy atom. The van der Waals surface area contributed by atoms with Gasteiger partial charge in [0.25, 0.3) is 10.2 Å². The van der Waals surface area contributed by atoms with Gasteiger partial charge in [-0.2, -0.15) is 12.7 Å². The number of hydrogen-bond donors (Lipinski definition) is 1. The highest BCUT2D eigenvalue weighted by Gasteiger charge is 2.03. The van der Waals surface area contributed by atoms with Gasteiger partial charge in [-0.3, -0.25) is 0 Å². The van der Waals surface area contributed by atoms with E-state index >= 15 is 0 Å². The first-order valence-corrected chi connectivity index (χ1v) is 2.77. The molecule has 0 amide bonds. The molecule has 0 spiro atoms. The molecule has 0 aromatic rings. The van der Waals surface area contributed by atoms with Crippen molar-refractivity contribution >= 4 is 10.2 Å². The highest BCUT2D eigenvalue weighted by atomic mass is 32.2. The third-order valence-corrected chi connectivity index (χ3v) is 0.882. The fourth-order valence-corrected chi connectivity index (χ4v) is 0. The van der Waals surface area contributed by atoms with E-state index in [1.54, 1.807) is 0 Å². The van der Waals surface area contributed by atoms with Crippen LogP contribution in [0.5, 0.6) is 0 Å². The minimum Gasteiger partial charge on any atom is -0.216 e. The lowest BCUT2D eigenvalue weighted by Gasteiger charge is -2.00. The van der Waals surface area contributed by atoms with E-state index in [2.05, 4.69) is 19.2 Å². The van der Waals surface area contributed by atoms with E-state index in [0.717, 1.165) is 0 Å². The average Bonchev–Trinajstić information content (AvgIpc) is 1.31. The summed E-state index contributed by atoms with van der Waals surface area (Å²) in [4.78, 5) is 0. The van der Waals surface area contributed by atoms with Gasteiger partial charge >= 0.3 is 0 Å². The Morgan fingerprint density at radius 3 is 1.57 bits per heavy atom. The summed E-state index contributed by atoms with van der Waals surface area (Å²) < 4.78 is 19.5. The van der Waals surface area contributed by atoms with Crippen molar-refractivity contribution in [3.05, 3.63) is 14.1 Å². The SMILES string of the molecule is [CH]N([CH])S(N)(=O)=O. The van der Waals surface area contributed by atoms with Crippen LogP contribution in [0.25, 0.3) is 0 Å². The lowest BCUT2D eigenvalue weighted by molar-refractivity contribution is 0.552. The maximum atomic E-state index is 9.78. The Balaban J connectivity index is 4.10. The molecule has 4 radical (unpaired) electrons. The number of nitrogens with two attached hydrogens (primary N) is 1. The van der Waals surface area contributed by atoms with E-state index in [4.69, 9.17) is 0 Å². The zero-order valence-corrected chi connectivity index (χ0v) is 4.22. The molecule has 0 rings (SSSR count). The summed E-state index contributed by atoms with van der Waals surface area (Å²) in [6.07, 6.45) is 0. The third kappa shape index (κ3) is 2.55. The maximum Gasteiger partial charge on any atom is 0.277 e. The summed E-state index contributed by atoms with van der Waals surface area (Å²) in [6.45, 7) is 0. The van der Waals surface area contributed by atoms with Crippen LogP contribution in [0.1, 0.15) is 0 Å². The van der Waals surface area contributed by atoms with Crippen LogP contribution in [0.4, 0.5) is 0 Å². The molecule has 0 aromatic heterocycles. The molecular formula is C2H4N2O2S. The van der Waals surface area contributed by atoms with Gasteiger partial charge in [-0.05, 0) is 0 Å². The van der Waals surface area contributed by atoms with E-state index in [1.807, 2.05) is 0 Å². The molecule has 0 aromatic carbocycles. The van der Waals surface area contributed by atoms with Gasteiger partial charge in [0.2, 0.25) is 0 Å². The second kappa shape index (κ2) is 1.77. The van der Waals surface area contributed by atoms with Crippen LogP contribution in [0.3, 0.4) is 0 Å². The summed E-state index contributed by atoms with van der Waals surface area (Å²) in [6, 6.07) is 0. The van der Waals surface area contributed by atoms with Gasteiger partial charge in [0, 0.05) is 0 Å². The van der Waals surface area contributed by atoms with E-state index in [1.165, 1.54) is 0 Å². The zero-order chi connectivity index (χ0) is 6.08. The second-order valence-electron chi connectivity index (χ2n) is 0.875. The van der Waals surface area contributed by atoms with E-state index in [0.29, 0.717) is 0 Å². The molecule has 0 aliphatic rings. The number of hydrogen-bond acceptors (Lipinski definition) is 2. The van der Waals surface area contributed by atoms with Crippen LogP contribution in [0.15, 0.2) is 0 Å². The highest BCUT2D eigenvalue weighted by Crippen LogP contribution is 1.82. The molecule has 4 nitrogen and oxygen atoms in total. The molecule has 0 aliphatic heterocycles. The van der Waals surface area contributed by atoms with Crippen LogP contribution in [-0.4, -0.2) is 12.7 Å². The van der Waals surface area contributed by atoms with Gasteiger partial charge in [0.05, 0.1) is 14.1 Å². The Morgan fingerprint density at radius 2 is 1.57 bits per heavy atom. The Kier molecular flexibility index (Phi) is 1.74. The minimum atomic E-state index is -3.85. The van der Waals surface area contributed by atoms with E-state index < -0.39 is 10.2 Å². The van der Waals surface area contributed by atoms with Gasteiger partial charge in [-0.25, -0.2) is 5.14 Å². The van der Waals surface area contributed by atoms with Crippen LogP contribution in [0.2, 0.25) is 0 Å². The van der Waals surface area contributed by atoms with Crippen LogP contribution in [-0.2, 0) is 10.2 Å². The second-order valence-corrected chi connectivity index (χ2v) is 2.33. The van der Waals surface area contributed by atoms with Crippen molar-refractivity contribution in [1.29, 1.82) is 0 Å². The predicted octanol–water partition coefficient (Wildman–Crippen LogP) is -1.17. The van der Waals surface area contributed by atoms with Crippen LogP contribution in [0, 0.1) is 14.1 Å². The molecule has 0 aliphatic carbocycles. The van der Waals surface area contributed by atoms with Gasteiger partial charge in [0.1, 0.15) is 0 Å². The lowest BCUT2D eigenvalue weighted by Crippen LogP contribution is -2.25. The molecule has 0 fully saturated rings. The minimum absolute atomic E-state index is 0.0625. The fourth-order valence-electron chi connectivity index (χ4n) is 0. The van der Waals surface area contributed by atoms with Gasteiger partial charge < -0.3 is 0 Å². The van der Waals surface area contributed by atoms with Crippen molar-refractivity contribution < 1.29 is 8.42 Å². The maximum absolute atomic E-state index is 9.78. The summed E-state index contributed by atoms with van der Waals surface area (Å²) in [5, 5.41) is 4.33. The largest absolute Gasteiger partial charge is 0.277 e. The molecule has 0 saturated heterocycles. The topological polar surface area (TPSA) is 63.4 Å². The molecule has 40 valence electrons. The molecule has 5 heteroatoms. The van der Waals surface area contributed by atoms with Crippen molar-refractivity contribution in [1.82, 2.24) is 4.31 Å². The highest BCUT2D eigenvalue weighted by molar-refractivity contribution is 7.86. The first kappa shape index (κ1) is 6.87. The fraction of sp³-hybridized carbons (Fsp3) is 0. The van der Waals surface area contributed by atoms with Crippen molar-refractivity contribution in [2.45, 2.75) is 0 Å². The van der Waals surface area contributed by atoms with Crippen molar-refractivity contribution in [2.75, 3.05) is 0 Å². The smallest absolute Gasteiger partial charge is 0.216 e. The molecule has 0 heterocycles. The van der Waals surface area contributed by atoms with Crippen molar-refractivity contribution in [3.8, 4) is 0 Å². The Hall–Kier alpha value is -0.130. The monoisotopic (exact) mass is 120 g/mol.